The molecule has 0 aromatic carbocycles. The molecule has 3 fully saturated rings. The Balaban J connectivity index is 1.38. The van der Waals surface area contributed by atoms with Gasteiger partial charge in [0.15, 0.2) is 0 Å². The van der Waals surface area contributed by atoms with Gasteiger partial charge in [-0.2, -0.15) is 0 Å². The molecule has 1 aliphatic heterocycles. The summed E-state index contributed by atoms with van der Waals surface area (Å²) in [5, 5.41) is 10.6. The van der Waals surface area contributed by atoms with E-state index in [0.29, 0.717) is 12.3 Å². The van der Waals surface area contributed by atoms with Crippen molar-refractivity contribution in [3.8, 4) is 0 Å². The maximum Gasteiger partial charge on any atom is 0.108 e. The van der Waals surface area contributed by atoms with Gasteiger partial charge in [0, 0.05) is 18.9 Å². The molecular formula is C19H34FNO2. The Morgan fingerprint density at radius 3 is 2.43 bits per heavy atom. The molecule has 1 N–H and O–H groups in total. The van der Waals surface area contributed by atoms with Crippen LogP contribution in [-0.4, -0.2) is 54.6 Å². The molecule has 23 heavy (non-hydrogen) atoms. The Kier molecular flexibility index (Phi) is 6.72. The molecule has 134 valence electrons. The predicted octanol–water partition coefficient (Wildman–Crippen LogP) is 3.55. The first-order valence-corrected chi connectivity index (χ1v) is 9.90. The zero-order valence-corrected chi connectivity index (χ0v) is 14.5. The lowest BCUT2D eigenvalue weighted by atomic mass is 9.74. The normalized spacial score (nSPS) is 35.5. The zero-order valence-electron chi connectivity index (χ0n) is 14.5. The molecule has 1 saturated heterocycles. The van der Waals surface area contributed by atoms with Gasteiger partial charge in [-0.25, -0.2) is 4.39 Å². The maximum atomic E-state index is 14.6. The lowest BCUT2D eigenvalue weighted by Crippen LogP contribution is -2.41. The van der Waals surface area contributed by atoms with Crippen LogP contribution < -0.4 is 0 Å². The summed E-state index contributed by atoms with van der Waals surface area (Å²) in [5.74, 6) is 0.177. The summed E-state index contributed by atoms with van der Waals surface area (Å²) in [6.07, 6.45) is 9.36. The van der Waals surface area contributed by atoms with Crippen molar-refractivity contribution in [3.63, 3.8) is 0 Å². The fourth-order valence-electron chi connectivity index (χ4n) is 4.82. The second-order valence-corrected chi connectivity index (χ2v) is 7.92. The number of alkyl halides is 1. The third-order valence-corrected chi connectivity index (χ3v) is 6.31. The van der Waals surface area contributed by atoms with Crippen LogP contribution in [0.1, 0.15) is 64.2 Å². The topological polar surface area (TPSA) is 32.7 Å². The monoisotopic (exact) mass is 327 g/mol. The second kappa shape index (κ2) is 8.77. The van der Waals surface area contributed by atoms with Gasteiger partial charge in [0.2, 0.25) is 0 Å². The highest BCUT2D eigenvalue weighted by molar-refractivity contribution is 4.88. The molecule has 4 heteroatoms. The minimum atomic E-state index is -0.891. The summed E-state index contributed by atoms with van der Waals surface area (Å²) < 4.78 is 20.5. The number of aliphatic hydroxyl groups is 1. The van der Waals surface area contributed by atoms with Gasteiger partial charge in [0.1, 0.15) is 6.17 Å². The number of nitrogens with zero attached hydrogens (tertiary/aromatic N) is 1. The van der Waals surface area contributed by atoms with Crippen molar-refractivity contribution in [2.45, 2.75) is 82.6 Å². The van der Waals surface area contributed by atoms with Crippen LogP contribution in [0, 0.1) is 11.8 Å². The molecule has 1 heterocycles. The largest absolute Gasteiger partial charge is 0.392 e. The van der Waals surface area contributed by atoms with E-state index in [1.54, 1.807) is 0 Å². The van der Waals surface area contributed by atoms with Crippen molar-refractivity contribution in [3.05, 3.63) is 0 Å². The molecule has 2 saturated carbocycles. The van der Waals surface area contributed by atoms with Crippen LogP contribution in [0.15, 0.2) is 0 Å². The Morgan fingerprint density at radius 2 is 1.74 bits per heavy atom. The van der Waals surface area contributed by atoms with Gasteiger partial charge in [-0.1, -0.05) is 19.3 Å². The summed E-state index contributed by atoms with van der Waals surface area (Å²) in [4.78, 5) is 2.44. The Morgan fingerprint density at radius 1 is 1.00 bits per heavy atom. The van der Waals surface area contributed by atoms with E-state index >= 15 is 0 Å². The SMILES string of the molecule is OC(C1CCCCC1)C1CCC(OCCN2CCCC2)CC1F. The molecule has 3 aliphatic rings. The maximum absolute atomic E-state index is 14.6. The number of aliphatic hydroxyl groups excluding tert-OH is 1. The third-order valence-electron chi connectivity index (χ3n) is 6.31. The van der Waals surface area contributed by atoms with Crippen LogP contribution in [-0.2, 0) is 4.74 Å². The number of halogens is 1. The van der Waals surface area contributed by atoms with Crippen molar-refractivity contribution >= 4 is 0 Å². The second-order valence-electron chi connectivity index (χ2n) is 7.92. The molecule has 4 unspecified atom stereocenters. The first-order valence-electron chi connectivity index (χ1n) is 9.90. The summed E-state index contributed by atoms with van der Waals surface area (Å²) in [7, 11) is 0. The molecule has 0 aromatic heterocycles. The van der Waals surface area contributed by atoms with E-state index < -0.39 is 12.3 Å². The number of hydrogen-bond acceptors (Lipinski definition) is 3. The van der Waals surface area contributed by atoms with E-state index in [-0.39, 0.29) is 12.0 Å². The summed E-state index contributed by atoms with van der Waals surface area (Å²) in [6, 6.07) is 0. The van der Waals surface area contributed by atoms with Crippen LogP contribution in [0.3, 0.4) is 0 Å². The average molecular weight is 327 g/mol. The van der Waals surface area contributed by atoms with E-state index in [1.807, 2.05) is 0 Å². The highest BCUT2D eigenvalue weighted by Gasteiger charge is 2.38. The Labute approximate surface area is 140 Å². The fourth-order valence-corrected chi connectivity index (χ4v) is 4.82. The minimum Gasteiger partial charge on any atom is -0.392 e. The van der Waals surface area contributed by atoms with Crippen molar-refractivity contribution < 1.29 is 14.2 Å². The highest BCUT2D eigenvalue weighted by Crippen LogP contribution is 2.37. The van der Waals surface area contributed by atoms with Gasteiger partial charge >= 0.3 is 0 Å². The Hall–Kier alpha value is -0.190. The first-order chi connectivity index (χ1) is 11.2. The lowest BCUT2D eigenvalue weighted by Gasteiger charge is -2.38. The Bertz CT molecular complexity index is 342. The van der Waals surface area contributed by atoms with Gasteiger partial charge < -0.3 is 14.7 Å². The van der Waals surface area contributed by atoms with Gasteiger partial charge in [-0.05, 0) is 57.5 Å². The summed E-state index contributed by atoms with van der Waals surface area (Å²) in [6.45, 7) is 4.10. The first kappa shape index (κ1) is 17.6. The molecule has 4 atom stereocenters. The standard InChI is InChI=1S/C19H34FNO2/c20-18-14-16(23-13-12-21-10-4-5-11-21)8-9-17(18)19(22)15-6-2-1-3-7-15/h15-19,22H,1-14H2. The molecule has 0 aromatic rings. The smallest absolute Gasteiger partial charge is 0.108 e. The van der Waals surface area contributed by atoms with Crippen LogP contribution in [0.25, 0.3) is 0 Å². The number of hydrogen-bond donors (Lipinski definition) is 1. The molecule has 0 radical (unpaired) electrons. The zero-order chi connectivity index (χ0) is 16.1. The number of rotatable bonds is 6. The van der Waals surface area contributed by atoms with Crippen LogP contribution in [0.5, 0.6) is 0 Å². The summed E-state index contributed by atoms with van der Waals surface area (Å²) in [5.41, 5.74) is 0. The molecule has 0 spiro atoms. The van der Waals surface area contributed by atoms with E-state index in [1.165, 1.54) is 45.2 Å². The van der Waals surface area contributed by atoms with Gasteiger partial charge in [-0.3, -0.25) is 0 Å². The van der Waals surface area contributed by atoms with Crippen molar-refractivity contribution in [2.75, 3.05) is 26.2 Å². The molecule has 2 aliphatic carbocycles. The van der Waals surface area contributed by atoms with Gasteiger partial charge in [0.25, 0.3) is 0 Å². The predicted molar refractivity (Wildman–Crippen MR) is 90.2 cm³/mol. The minimum absolute atomic E-state index is 0.0578. The molecule has 3 rings (SSSR count). The molecule has 0 amide bonds. The molecule has 3 nitrogen and oxygen atoms in total. The lowest BCUT2D eigenvalue weighted by molar-refractivity contribution is -0.0644. The highest BCUT2D eigenvalue weighted by atomic mass is 19.1. The van der Waals surface area contributed by atoms with Crippen LogP contribution >= 0.6 is 0 Å². The van der Waals surface area contributed by atoms with Gasteiger partial charge in [0.05, 0.1) is 18.8 Å². The van der Waals surface area contributed by atoms with E-state index in [0.717, 1.165) is 38.8 Å². The summed E-state index contributed by atoms with van der Waals surface area (Å²) >= 11 is 0. The van der Waals surface area contributed by atoms with E-state index in [9.17, 15) is 9.50 Å². The average Bonchev–Trinajstić information content (AvgIpc) is 3.09. The fraction of sp³-hybridized carbons (Fsp3) is 1.00. The number of likely N-dealkylation sites (tertiary alicyclic amines) is 1. The molecule has 0 bridgehead atoms. The quantitative estimate of drug-likeness (QED) is 0.810. The third kappa shape index (κ3) is 4.90. The van der Waals surface area contributed by atoms with Crippen LogP contribution in [0.2, 0.25) is 0 Å². The van der Waals surface area contributed by atoms with Crippen LogP contribution in [0.4, 0.5) is 4.39 Å². The van der Waals surface area contributed by atoms with E-state index in [4.69, 9.17) is 4.74 Å². The van der Waals surface area contributed by atoms with Crippen molar-refractivity contribution in [2.24, 2.45) is 11.8 Å². The van der Waals surface area contributed by atoms with E-state index in [2.05, 4.69) is 4.90 Å². The molecular weight excluding hydrogens is 293 g/mol. The van der Waals surface area contributed by atoms with Crippen molar-refractivity contribution in [1.82, 2.24) is 4.90 Å². The number of ether oxygens (including phenoxy) is 1. The van der Waals surface area contributed by atoms with Crippen molar-refractivity contribution in [1.29, 1.82) is 0 Å². The van der Waals surface area contributed by atoms with Gasteiger partial charge in [-0.15, -0.1) is 0 Å².